The Bertz CT molecular complexity index is 1340. The molecule has 1 saturated heterocycles. The van der Waals surface area contributed by atoms with E-state index in [4.69, 9.17) is 9.47 Å². The Labute approximate surface area is 226 Å². The van der Waals surface area contributed by atoms with Gasteiger partial charge in [-0.1, -0.05) is 12.6 Å². The summed E-state index contributed by atoms with van der Waals surface area (Å²) in [5.74, 6) is -3.01. The van der Waals surface area contributed by atoms with Gasteiger partial charge in [-0.2, -0.15) is 23.1 Å². The van der Waals surface area contributed by atoms with Crippen molar-refractivity contribution in [1.82, 2.24) is 24.8 Å². The van der Waals surface area contributed by atoms with Gasteiger partial charge in [0.25, 0.3) is 0 Å². The van der Waals surface area contributed by atoms with E-state index in [-0.39, 0.29) is 23.5 Å². The van der Waals surface area contributed by atoms with Crippen LogP contribution >= 0.6 is 0 Å². The second-order valence-electron chi connectivity index (χ2n) is 9.07. The Hall–Kier alpha value is -4.07. The molecule has 1 atom stereocenters. The molecule has 0 spiro atoms. The number of aliphatic hydroxyl groups is 1. The SMILES string of the molecule is C=C(Nc1c(F)cccc1F)N1CCC(c2nc(OC)nc(C)c2C(O)COc2ccnc(C(F)(F)F)n2)CC1. The molecule has 0 bridgehead atoms. The number of nitrogens with one attached hydrogen (secondary N) is 1. The van der Waals surface area contributed by atoms with Gasteiger partial charge in [0, 0.05) is 36.8 Å². The monoisotopic (exact) mass is 566 g/mol. The van der Waals surface area contributed by atoms with Crippen LogP contribution in [0.15, 0.2) is 42.9 Å². The highest BCUT2D eigenvalue weighted by molar-refractivity contribution is 5.50. The van der Waals surface area contributed by atoms with Crippen LogP contribution in [0.2, 0.25) is 0 Å². The van der Waals surface area contributed by atoms with Gasteiger partial charge in [-0.05, 0) is 31.9 Å². The van der Waals surface area contributed by atoms with Crippen LogP contribution in [0.1, 0.15) is 47.6 Å². The Morgan fingerprint density at radius 2 is 1.82 bits per heavy atom. The van der Waals surface area contributed by atoms with E-state index in [1.54, 1.807) is 6.92 Å². The molecule has 2 N–H and O–H groups in total. The van der Waals surface area contributed by atoms with Crippen molar-refractivity contribution in [3.63, 3.8) is 0 Å². The number of ether oxygens (including phenoxy) is 2. The maximum absolute atomic E-state index is 14.1. The minimum atomic E-state index is -4.75. The van der Waals surface area contributed by atoms with Crippen LogP contribution < -0.4 is 14.8 Å². The number of halogens is 5. The number of piperidine rings is 1. The molecule has 4 rings (SSSR count). The third-order valence-electron chi connectivity index (χ3n) is 6.43. The normalized spacial score (nSPS) is 15.1. The highest BCUT2D eigenvalue weighted by Crippen LogP contribution is 2.35. The van der Waals surface area contributed by atoms with Crippen LogP contribution in [0.25, 0.3) is 0 Å². The van der Waals surface area contributed by atoms with Crippen LogP contribution in [0.3, 0.4) is 0 Å². The van der Waals surface area contributed by atoms with Crippen LogP contribution in [0.4, 0.5) is 27.6 Å². The molecule has 1 aliphatic rings. The fourth-order valence-corrected chi connectivity index (χ4v) is 4.46. The summed E-state index contributed by atoms with van der Waals surface area (Å²) in [4.78, 5) is 17.1. The molecule has 14 heteroatoms. The average molecular weight is 567 g/mol. The maximum atomic E-state index is 14.1. The van der Waals surface area contributed by atoms with Crippen molar-refractivity contribution in [3.05, 3.63) is 77.3 Å². The van der Waals surface area contributed by atoms with Crippen LogP contribution in [0, 0.1) is 18.6 Å². The standard InChI is InChI=1S/C26H27F5N6O3/c1-14-21(19(38)13-40-20-7-10-32-24(35-20)26(29,30)31)22(36-25(33-14)39-3)16-8-11-37(12-9-16)15(2)34-23-17(27)5-4-6-18(23)28/h4-7,10,16,19,34,38H,2,8-9,11-13H2,1,3H3. The largest absolute Gasteiger partial charge is 0.474 e. The van der Waals surface area contributed by atoms with E-state index in [0.717, 1.165) is 24.4 Å². The summed E-state index contributed by atoms with van der Waals surface area (Å²) in [6.45, 7) is 6.08. The van der Waals surface area contributed by atoms with Crippen LogP contribution in [0.5, 0.6) is 11.9 Å². The van der Waals surface area contributed by atoms with Gasteiger partial charge in [0.05, 0.1) is 24.3 Å². The van der Waals surface area contributed by atoms with Crippen molar-refractivity contribution < 1.29 is 36.5 Å². The zero-order valence-electron chi connectivity index (χ0n) is 21.7. The highest BCUT2D eigenvalue weighted by Gasteiger charge is 2.35. The number of aromatic nitrogens is 4. The lowest BCUT2D eigenvalue weighted by molar-refractivity contribution is -0.145. The fourth-order valence-electron chi connectivity index (χ4n) is 4.46. The van der Waals surface area contributed by atoms with E-state index in [1.807, 2.05) is 4.90 Å². The van der Waals surface area contributed by atoms with Gasteiger partial charge in [-0.15, -0.1) is 0 Å². The second kappa shape index (κ2) is 12.0. The van der Waals surface area contributed by atoms with Gasteiger partial charge in [0.1, 0.15) is 30.0 Å². The molecule has 0 saturated carbocycles. The summed E-state index contributed by atoms with van der Waals surface area (Å²) in [6.07, 6.45) is -4.03. The third kappa shape index (κ3) is 6.55. The predicted molar refractivity (Wildman–Crippen MR) is 133 cm³/mol. The molecule has 3 heterocycles. The third-order valence-corrected chi connectivity index (χ3v) is 6.43. The first-order valence-corrected chi connectivity index (χ1v) is 12.3. The molecule has 1 unspecified atom stereocenters. The van der Waals surface area contributed by atoms with Gasteiger partial charge in [0.2, 0.25) is 11.7 Å². The van der Waals surface area contributed by atoms with E-state index in [0.29, 0.717) is 48.7 Å². The first kappa shape index (κ1) is 28.9. The molecule has 3 aromatic rings. The van der Waals surface area contributed by atoms with Crippen molar-refractivity contribution in [2.75, 3.05) is 32.1 Å². The lowest BCUT2D eigenvalue weighted by Crippen LogP contribution is -2.35. The fraction of sp³-hybridized carbons (Fsp3) is 0.385. The number of alkyl halides is 3. The van der Waals surface area contributed by atoms with Crippen molar-refractivity contribution in [1.29, 1.82) is 0 Å². The summed E-state index contributed by atoms with van der Waals surface area (Å²) < 4.78 is 77.5. The van der Waals surface area contributed by atoms with E-state index >= 15 is 0 Å². The highest BCUT2D eigenvalue weighted by atomic mass is 19.4. The van der Waals surface area contributed by atoms with Gasteiger partial charge < -0.3 is 24.8 Å². The Kier molecular flexibility index (Phi) is 8.67. The molecular weight excluding hydrogens is 539 g/mol. The van der Waals surface area contributed by atoms with Gasteiger partial charge in [0.15, 0.2) is 0 Å². The number of likely N-dealkylation sites (tertiary alicyclic amines) is 1. The summed E-state index contributed by atoms with van der Waals surface area (Å²) in [5.41, 5.74) is 1.01. The van der Waals surface area contributed by atoms with E-state index in [2.05, 4.69) is 31.8 Å². The topological polar surface area (TPSA) is 106 Å². The molecule has 40 heavy (non-hydrogen) atoms. The number of para-hydroxylation sites is 1. The number of nitrogens with zero attached hydrogens (tertiary/aromatic N) is 5. The molecular formula is C26H27F5N6O3. The number of benzene rings is 1. The number of hydrogen-bond acceptors (Lipinski definition) is 9. The van der Waals surface area contributed by atoms with E-state index in [9.17, 15) is 27.1 Å². The first-order valence-electron chi connectivity index (χ1n) is 12.3. The van der Waals surface area contributed by atoms with Gasteiger partial charge >= 0.3 is 12.2 Å². The minimum absolute atomic E-state index is 0.0959. The number of hydrogen-bond donors (Lipinski definition) is 2. The van der Waals surface area contributed by atoms with Crippen molar-refractivity contribution >= 4 is 5.69 Å². The molecule has 1 fully saturated rings. The molecule has 1 aromatic carbocycles. The predicted octanol–water partition coefficient (Wildman–Crippen LogP) is 4.76. The van der Waals surface area contributed by atoms with Crippen LogP contribution in [-0.4, -0.2) is 56.7 Å². The summed E-state index contributed by atoms with van der Waals surface area (Å²) in [7, 11) is 1.41. The van der Waals surface area contributed by atoms with Crippen molar-refractivity contribution in [2.45, 2.75) is 38.0 Å². The minimum Gasteiger partial charge on any atom is -0.474 e. The van der Waals surface area contributed by atoms with E-state index < -0.39 is 36.3 Å². The molecule has 0 radical (unpaired) electrons. The molecule has 1 aliphatic heterocycles. The average Bonchev–Trinajstić information content (AvgIpc) is 2.93. The zero-order valence-corrected chi connectivity index (χ0v) is 21.7. The number of rotatable bonds is 9. The van der Waals surface area contributed by atoms with Crippen molar-refractivity contribution in [2.24, 2.45) is 0 Å². The zero-order chi connectivity index (χ0) is 29.0. The van der Waals surface area contributed by atoms with E-state index in [1.165, 1.54) is 13.2 Å². The Balaban J connectivity index is 1.47. The molecule has 214 valence electrons. The quantitative estimate of drug-likeness (QED) is 0.355. The van der Waals surface area contributed by atoms with Crippen molar-refractivity contribution in [3.8, 4) is 11.9 Å². The molecule has 0 amide bonds. The second-order valence-corrected chi connectivity index (χ2v) is 9.07. The number of aliphatic hydroxyl groups excluding tert-OH is 1. The Morgan fingerprint density at radius 1 is 1.15 bits per heavy atom. The number of aryl methyl sites for hydroxylation is 1. The molecule has 2 aromatic heterocycles. The summed E-state index contributed by atoms with van der Waals surface area (Å²) in [6, 6.07) is 4.81. The van der Waals surface area contributed by atoms with Crippen LogP contribution in [-0.2, 0) is 6.18 Å². The van der Waals surface area contributed by atoms with Gasteiger partial charge in [-0.25, -0.2) is 18.7 Å². The lowest BCUT2D eigenvalue weighted by atomic mass is 9.88. The lowest BCUT2D eigenvalue weighted by Gasteiger charge is -2.35. The van der Waals surface area contributed by atoms with Gasteiger partial charge in [-0.3, -0.25) is 0 Å². The number of methoxy groups -OCH3 is 1. The summed E-state index contributed by atoms with van der Waals surface area (Å²) >= 11 is 0. The Morgan fingerprint density at radius 3 is 2.45 bits per heavy atom. The first-order chi connectivity index (χ1) is 19.0. The molecule has 0 aliphatic carbocycles. The number of anilines is 1. The molecule has 9 nitrogen and oxygen atoms in total. The maximum Gasteiger partial charge on any atom is 0.451 e. The summed E-state index contributed by atoms with van der Waals surface area (Å²) in [5, 5.41) is 13.7. The smallest absolute Gasteiger partial charge is 0.451 e.